The number of nitrogens with one attached hydrogen (secondary N) is 2. The molecule has 2 heterocycles. The van der Waals surface area contributed by atoms with E-state index in [-0.39, 0.29) is 24.0 Å². The molecule has 8 nitrogen and oxygen atoms in total. The molecule has 2 atom stereocenters. The Labute approximate surface area is 219 Å². The molecule has 3 N–H and O–H groups in total. The van der Waals surface area contributed by atoms with Crippen molar-refractivity contribution >= 4 is 23.7 Å². The summed E-state index contributed by atoms with van der Waals surface area (Å²) in [5, 5.41) is 15.7. The van der Waals surface area contributed by atoms with E-state index >= 15 is 0 Å². The molecule has 37 heavy (non-hydrogen) atoms. The van der Waals surface area contributed by atoms with Crippen molar-refractivity contribution in [2.45, 2.75) is 70.9 Å². The number of carboxylic acid groups (broad SMARTS) is 1. The number of carbonyl (C=O) groups is 3. The first-order chi connectivity index (χ1) is 17.8. The van der Waals surface area contributed by atoms with Crippen molar-refractivity contribution in [2.75, 3.05) is 25.0 Å². The topological polar surface area (TPSA) is 102 Å². The summed E-state index contributed by atoms with van der Waals surface area (Å²) in [4.78, 5) is 41.6. The predicted octanol–water partition coefficient (Wildman–Crippen LogP) is 4.63. The zero-order valence-corrected chi connectivity index (χ0v) is 22.0. The Kier molecular flexibility index (Phi) is 8.36. The molecule has 8 heteroatoms. The van der Waals surface area contributed by atoms with Crippen LogP contribution in [0.4, 0.5) is 15.3 Å². The number of benzene rings is 2. The van der Waals surface area contributed by atoms with Gasteiger partial charge in [-0.15, -0.1) is 0 Å². The number of nitrogens with zero attached hydrogens (tertiary/aromatic N) is 2. The van der Waals surface area contributed by atoms with Crippen LogP contribution in [-0.4, -0.2) is 64.7 Å². The monoisotopic (exact) mass is 506 g/mol. The highest BCUT2D eigenvalue weighted by atomic mass is 16.4. The Morgan fingerprint density at radius 2 is 1.76 bits per heavy atom. The standard InChI is InChI=1S/C29H38N4O4/c1-4-20-10-11-23(18-21(20)5-2)19(3)26(27(34)35)31-28(36)32-15-13-24(14-16-32)33-17-12-22-8-6-7-9-25(22)30-29(33)37/h6-11,18-19,24,26H,4-5,12-17H2,1-3H3,(H,30,37)(H,31,36)(H,34,35). The highest BCUT2D eigenvalue weighted by Gasteiger charge is 2.34. The van der Waals surface area contributed by atoms with Crippen molar-refractivity contribution in [1.29, 1.82) is 0 Å². The third-order valence-corrected chi connectivity index (χ3v) is 7.90. The van der Waals surface area contributed by atoms with Gasteiger partial charge in [-0.25, -0.2) is 14.4 Å². The second kappa shape index (κ2) is 11.7. The van der Waals surface area contributed by atoms with E-state index in [1.54, 1.807) is 4.90 Å². The number of fused-ring (bicyclic) bond motifs is 1. The Balaban J connectivity index is 1.36. The van der Waals surface area contributed by atoms with Crippen molar-refractivity contribution in [3.05, 3.63) is 64.7 Å². The summed E-state index contributed by atoms with van der Waals surface area (Å²) in [7, 11) is 0. The molecule has 0 bridgehead atoms. The van der Waals surface area contributed by atoms with E-state index in [4.69, 9.17) is 0 Å². The van der Waals surface area contributed by atoms with Crippen molar-refractivity contribution in [3.63, 3.8) is 0 Å². The fourth-order valence-corrected chi connectivity index (χ4v) is 5.54. The maximum absolute atomic E-state index is 13.1. The number of hydrogen-bond donors (Lipinski definition) is 3. The van der Waals surface area contributed by atoms with Gasteiger partial charge >= 0.3 is 18.0 Å². The molecule has 2 aliphatic rings. The maximum Gasteiger partial charge on any atom is 0.326 e. The van der Waals surface area contributed by atoms with Crippen LogP contribution in [0.3, 0.4) is 0 Å². The lowest BCUT2D eigenvalue weighted by molar-refractivity contribution is -0.139. The number of rotatable bonds is 7. The molecule has 0 aromatic heterocycles. The SMILES string of the molecule is CCc1ccc(C(C)C(NC(=O)N2CCC(N3CCc4ccccc4NC3=O)CC2)C(=O)O)cc1CC. The minimum absolute atomic E-state index is 0.0390. The summed E-state index contributed by atoms with van der Waals surface area (Å²) in [5.74, 6) is -1.42. The van der Waals surface area contributed by atoms with Crippen molar-refractivity contribution in [2.24, 2.45) is 0 Å². The van der Waals surface area contributed by atoms with Crippen LogP contribution in [0.5, 0.6) is 0 Å². The lowest BCUT2D eigenvalue weighted by Gasteiger charge is -2.38. The Morgan fingerprint density at radius 1 is 1.05 bits per heavy atom. The number of aliphatic carboxylic acids is 1. The fraction of sp³-hybridized carbons (Fsp3) is 0.483. The minimum atomic E-state index is -1.05. The molecular weight excluding hydrogens is 468 g/mol. The minimum Gasteiger partial charge on any atom is -0.480 e. The Hall–Kier alpha value is -3.55. The van der Waals surface area contributed by atoms with Crippen molar-refractivity contribution < 1.29 is 19.5 Å². The number of amides is 4. The van der Waals surface area contributed by atoms with Gasteiger partial charge in [-0.05, 0) is 60.4 Å². The third-order valence-electron chi connectivity index (χ3n) is 7.90. The Bertz CT molecular complexity index is 1140. The number of carboxylic acids is 1. The van der Waals surface area contributed by atoms with Gasteiger partial charge in [-0.3, -0.25) is 0 Å². The molecule has 0 saturated carbocycles. The van der Waals surface area contributed by atoms with Crippen molar-refractivity contribution in [3.8, 4) is 0 Å². The molecule has 1 saturated heterocycles. The van der Waals surface area contributed by atoms with Crippen LogP contribution in [0.1, 0.15) is 61.8 Å². The molecule has 4 rings (SSSR count). The van der Waals surface area contributed by atoms with E-state index in [1.807, 2.05) is 42.2 Å². The van der Waals surface area contributed by atoms with Gasteiger partial charge in [0.25, 0.3) is 0 Å². The smallest absolute Gasteiger partial charge is 0.326 e. The van der Waals surface area contributed by atoms with Gasteiger partial charge in [-0.1, -0.05) is 57.2 Å². The molecule has 1 fully saturated rings. The number of aryl methyl sites for hydroxylation is 2. The fourth-order valence-electron chi connectivity index (χ4n) is 5.54. The summed E-state index contributed by atoms with van der Waals surface area (Å²) in [6, 6.07) is 12.5. The zero-order valence-electron chi connectivity index (χ0n) is 22.0. The molecular formula is C29H38N4O4. The molecule has 2 aromatic carbocycles. The third kappa shape index (κ3) is 5.89. The number of para-hydroxylation sites is 1. The summed E-state index contributed by atoms with van der Waals surface area (Å²) < 4.78 is 0. The van der Waals surface area contributed by atoms with E-state index in [1.165, 1.54) is 11.1 Å². The van der Waals surface area contributed by atoms with E-state index in [9.17, 15) is 19.5 Å². The first-order valence-corrected chi connectivity index (χ1v) is 13.4. The number of hydrogen-bond acceptors (Lipinski definition) is 3. The molecule has 0 radical (unpaired) electrons. The largest absolute Gasteiger partial charge is 0.480 e. The summed E-state index contributed by atoms with van der Waals surface area (Å²) in [5.41, 5.74) is 5.37. The maximum atomic E-state index is 13.1. The van der Waals surface area contributed by atoms with Gasteiger partial charge in [0.15, 0.2) is 0 Å². The number of urea groups is 2. The molecule has 2 aromatic rings. The number of carbonyl (C=O) groups excluding carboxylic acids is 2. The van der Waals surface area contributed by atoms with Crippen LogP contribution in [0.2, 0.25) is 0 Å². The molecule has 0 aliphatic carbocycles. The van der Waals surface area contributed by atoms with Crippen LogP contribution >= 0.6 is 0 Å². The quantitative estimate of drug-likeness (QED) is 0.509. The first kappa shape index (κ1) is 26.5. The van der Waals surface area contributed by atoms with Gasteiger partial charge in [0, 0.05) is 37.3 Å². The van der Waals surface area contributed by atoms with Gasteiger partial charge in [-0.2, -0.15) is 0 Å². The predicted molar refractivity (Wildman–Crippen MR) is 144 cm³/mol. The van der Waals surface area contributed by atoms with E-state index in [2.05, 4.69) is 36.6 Å². The normalized spacial score (nSPS) is 17.9. The second-order valence-corrected chi connectivity index (χ2v) is 10.0. The number of piperidine rings is 1. The Morgan fingerprint density at radius 3 is 2.43 bits per heavy atom. The highest BCUT2D eigenvalue weighted by Crippen LogP contribution is 2.26. The van der Waals surface area contributed by atoms with E-state index < -0.39 is 12.0 Å². The molecule has 2 aliphatic heterocycles. The van der Waals surface area contributed by atoms with Crippen molar-refractivity contribution in [1.82, 2.24) is 15.1 Å². The molecule has 2 unspecified atom stereocenters. The summed E-state index contributed by atoms with van der Waals surface area (Å²) >= 11 is 0. The van der Waals surface area contributed by atoms with Crippen LogP contribution < -0.4 is 10.6 Å². The number of likely N-dealkylation sites (tertiary alicyclic amines) is 1. The zero-order chi connectivity index (χ0) is 26.5. The highest BCUT2D eigenvalue weighted by molar-refractivity contribution is 5.91. The molecule has 4 amide bonds. The lowest BCUT2D eigenvalue weighted by atomic mass is 9.89. The van der Waals surface area contributed by atoms with Gasteiger partial charge in [0.1, 0.15) is 6.04 Å². The van der Waals surface area contributed by atoms with Gasteiger partial charge in [0.05, 0.1) is 0 Å². The summed E-state index contributed by atoms with van der Waals surface area (Å²) in [6.07, 6.45) is 3.90. The lowest BCUT2D eigenvalue weighted by Crippen LogP contribution is -2.54. The van der Waals surface area contributed by atoms with Crippen LogP contribution in [0, 0.1) is 0 Å². The summed E-state index contributed by atoms with van der Waals surface area (Å²) in [6.45, 7) is 7.63. The average Bonchev–Trinajstić information content (AvgIpc) is 3.08. The van der Waals surface area contributed by atoms with E-state index in [0.29, 0.717) is 32.5 Å². The average molecular weight is 507 g/mol. The molecule has 198 valence electrons. The first-order valence-electron chi connectivity index (χ1n) is 13.4. The van der Waals surface area contributed by atoms with Crippen LogP contribution in [-0.2, 0) is 24.1 Å². The van der Waals surface area contributed by atoms with E-state index in [0.717, 1.165) is 36.1 Å². The second-order valence-electron chi connectivity index (χ2n) is 10.0. The number of anilines is 1. The van der Waals surface area contributed by atoms with Crippen LogP contribution in [0.25, 0.3) is 0 Å². The van der Waals surface area contributed by atoms with Gasteiger partial charge < -0.3 is 25.5 Å². The molecule has 0 spiro atoms. The van der Waals surface area contributed by atoms with Gasteiger partial charge in [0.2, 0.25) is 0 Å². The van der Waals surface area contributed by atoms with Crippen LogP contribution in [0.15, 0.2) is 42.5 Å².